The Labute approximate surface area is 143 Å². The second kappa shape index (κ2) is 6.83. The van der Waals surface area contributed by atoms with Crippen LogP contribution in [-0.2, 0) is 16.6 Å². The second-order valence-corrected chi connectivity index (χ2v) is 6.93. The molecule has 0 saturated heterocycles. The van der Waals surface area contributed by atoms with Gasteiger partial charge in [0.2, 0.25) is 15.8 Å². The molecule has 0 aliphatic carbocycles. The number of rotatable bonds is 4. The van der Waals surface area contributed by atoms with Crippen LogP contribution in [-0.4, -0.2) is 8.42 Å². The monoisotopic (exact) mass is 405 g/mol. The molecule has 0 bridgehead atoms. The lowest BCUT2D eigenvalue weighted by atomic mass is 10.2. The van der Waals surface area contributed by atoms with Crippen molar-refractivity contribution in [2.24, 2.45) is 0 Å². The molecular formula is C13H6Cl2F5NO2S. The molecule has 2 aromatic carbocycles. The van der Waals surface area contributed by atoms with E-state index >= 15 is 0 Å². The molecule has 0 radical (unpaired) electrons. The molecule has 0 unspecified atom stereocenters. The molecule has 0 aliphatic rings. The predicted octanol–water partition coefficient (Wildman–Crippen LogP) is 4.17. The fourth-order valence-electron chi connectivity index (χ4n) is 1.75. The first-order chi connectivity index (χ1) is 11.1. The Hall–Kier alpha value is -1.42. The Balaban J connectivity index is 2.44. The highest BCUT2D eigenvalue weighted by Crippen LogP contribution is 2.28. The van der Waals surface area contributed by atoms with E-state index in [0.29, 0.717) is 0 Å². The van der Waals surface area contributed by atoms with Crippen molar-refractivity contribution in [3.8, 4) is 0 Å². The zero-order chi connectivity index (χ0) is 18.2. The van der Waals surface area contributed by atoms with E-state index in [-0.39, 0.29) is 15.6 Å². The third-order valence-electron chi connectivity index (χ3n) is 2.92. The molecule has 1 N–H and O–H groups in total. The van der Waals surface area contributed by atoms with Crippen molar-refractivity contribution >= 4 is 33.2 Å². The van der Waals surface area contributed by atoms with Gasteiger partial charge in [0.1, 0.15) is 0 Å². The van der Waals surface area contributed by atoms with E-state index in [1.807, 2.05) is 0 Å². The summed E-state index contributed by atoms with van der Waals surface area (Å²) in [5.74, 6) is -12.1. The summed E-state index contributed by atoms with van der Waals surface area (Å²) < 4.78 is 91.9. The Morgan fingerprint density at radius 1 is 0.875 bits per heavy atom. The minimum Gasteiger partial charge on any atom is -0.207 e. The highest BCUT2D eigenvalue weighted by Gasteiger charge is 2.33. The average Bonchev–Trinajstić information content (AvgIpc) is 2.52. The Kier molecular flexibility index (Phi) is 5.38. The molecule has 2 rings (SSSR count). The fraction of sp³-hybridized carbons (Fsp3) is 0.0769. The molecule has 0 fully saturated rings. The van der Waals surface area contributed by atoms with Gasteiger partial charge in [-0.25, -0.2) is 35.1 Å². The van der Waals surface area contributed by atoms with Gasteiger partial charge in [-0.05, 0) is 11.6 Å². The first kappa shape index (κ1) is 18.9. The van der Waals surface area contributed by atoms with Gasteiger partial charge in [-0.15, -0.1) is 0 Å². The van der Waals surface area contributed by atoms with Crippen LogP contribution >= 0.6 is 23.2 Å². The molecule has 130 valence electrons. The first-order valence-corrected chi connectivity index (χ1v) is 8.25. The van der Waals surface area contributed by atoms with Gasteiger partial charge in [0.05, 0.1) is 10.0 Å². The number of hydrogen-bond acceptors (Lipinski definition) is 2. The van der Waals surface area contributed by atoms with Gasteiger partial charge < -0.3 is 0 Å². The molecule has 24 heavy (non-hydrogen) atoms. The van der Waals surface area contributed by atoms with Crippen LogP contribution in [0.2, 0.25) is 10.0 Å². The second-order valence-electron chi connectivity index (χ2n) is 4.44. The summed E-state index contributed by atoms with van der Waals surface area (Å²) in [4.78, 5) is -1.97. The van der Waals surface area contributed by atoms with Gasteiger partial charge in [0.15, 0.2) is 28.2 Å². The first-order valence-electron chi connectivity index (χ1n) is 6.02. The fourth-order valence-corrected chi connectivity index (χ4v) is 3.28. The number of halogens is 7. The van der Waals surface area contributed by atoms with Crippen molar-refractivity contribution in [2.75, 3.05) is 0 Å². The highest BCUT2D eigenvalue weighted by atomic mass is 35.5. The lowest BCUT2D eigenvalue weighted by molar-refractivity contribution is 0.357. The van der Waals surface area contributed by atoms with Crippen molar-refractivity contribution < 1.29 is 30.4 Å². The quantitative estimate of drug-likeness (QED) is 0.471. The third kappa shape index (κ3) is 3.34. The van der Waals surface area contributed by atoms with E-state index in [1.165, 1.54) is 18.2 Å². The molecule has 11 heteroatoms. The average molecular weight is 406 g/mol. The maximum absolute atomic E-state index is 13.6. The third-order valence-corrected chi connectivity index (χ3v) is 5.20. The van der Waals surface area contributed by atoms with Crippen molar-refractivity contribution in [1.82, 2.24) is 4.72 Å². The maximum Gasteiger partial charge on any atom is 0.246 e. The molecule has 0 saturated carbocycles. The van der Waals surface area contributed by atoms with Gasteiger partial charge in [0.25, 0.3) is 0 Å². The van der Waals surface area contributed by atoms with Gasteiger partial charge in [-0.2, -0.15) is 0 Å². The summed E-state index contributed by atoms with van der Waals surface area (Å²) >= 11 is 11.5. The summed E-state index contributed by atoms with van der Waals surface area (Å²) in [6, 6.07) is 4.19. The van der Waals surface area contributed by atoms with E-state index in [1.54, 1.807) is 4.72 Å². The lowest BCUT2D eigenvalue weighted by Gasteiger charge is -2.11. The van der Waals surface area contributed by atoms with E-state index in [0.717, 1.165) is 0 Å². The van der Waals surface area contributed by atoms with Gasteiger partial charge in [0, 0.05) is 6.54 Å². The summed E-state index contributed by atoms with van der Waals surface area (Å²) in [5, 5.41) is 0.0591. The smallest absolute Gasteiger partial charge is 0.207 e. The largest absolute Gasteiger partial charge is 0.246 e. The summed E-state index contributed by atoms with van der Waals surface area (Å²) in [6.45, 7) is -0.582. The van der Waals surface area contributed by atoms with Gasteiger partial charge in [-0.1, -0.05) is 35.3 Å². The maximum atomic E-state index is 13.6. The van der Waals surface area contributed by atoms with Crippen LogP contribution in [0.3, 0.4) is 0 Å². The Morgan fingerprint density at radius 2 is 1.38 bits per heavy atom. The number of hydrogen-bond donors (Lipinski definition) is 1. The lowest BCUT2D eigenvalue weighted by Crippen LogP contribution is -2.27. The summed E-state index contributed by atoms with van der Waals surface area (Å²) in [5.41, 5.74) is 0.136. The van der Waals surface area contributed by atoms with Crippen LogP contribution in [0.4, 0.5) is 22.0 Å². The molecule has 0 amide bonds. The van der Waals surface area contributed by atoms with Crippen LogP contribution in [0.25, 0.3) is 0 Å². The van der Waals surface area contributed by atoms with Crippen molar-refractivity contribution in [1.29, 1.82) is 0 Å². The molecule has 0 aromatic heterocycles. The minimum atomic E-state index is -5.06. The molecule has 2 aromatic rings. The standard InChI is InChI=1S/C13H6Cl2F5NO2S/c14-6-3-1-2-5(7(6)15)4-21-24(22,23)13-11(19)9(17)8(16)10(18)12(13)20/h1-3,21H,4H2. The molecule has 0 aliphatic heterocycles. The SMILES string of the molecule is O=S(=O)(NCc1cccc(Cl)c1Cl)c1c(F)c(F)c(F)c(F)c1F. The minimum absolute atomic E-state index is 0.0284. The van der Waals surface area contributed by atoms with Crippen molar-refractivity contribution in [2.45, 2.75) is 11.4 Å². The van der Waals surface area contributed by atoms with Crippen LogP contribution < -0.4 is 4.72 Å². The van der Waals surface area contributed by atoms with Gasteiger partial charge >= 0.3 is 0 Å². The highest BCUT2D eigenvalue weighted by molar-refractivity contribution is 7.89. The molecule has 0 atom stereocenters. The number of sulfonamides is 1. The molecule has 0 heterocycles. The predicted molar refractivity (Wildman–Crippen MR) is 76.7 cm³/mol. The van der Waals surface area contributed by atoms with Crippen LogP contribution in [0.5, 0.6) is 0 Å². The zero-order valence-corrected chi connectivity index (χ0v) is 13.6. The number of nitrogens with one attached hydrogen (secondary N) is 1. The van der Waals surface area contributed by atoms with Crippen molar-refractivity contribution in [3.05, 3.63) is 62.9 Å². The topological polar surface area (TPSA) is 46.2 Å². The van der Waals surface area contributed by atoms with Crippen LogP contribution in [0, 0.1) is 29.1 Å². The Bertz CT molecular complexity index is 892. The summed E-state index contributed by atoms with van der Waals surface area (Å²) in [6.07, 6.45) is 0. The van der Waals surface area contributed by atoms with Gasteiger partial charge in [-0.3, -0.25) is 0 Å². The molecule has 3 nitrogen and oxygen atoms in total. The Morgan fingerprint density at radius 3 is 1.92 bits per heavy atom. The van der Waals surface area contributed by atoms with E-state index in [9.17, 15) is 30.4 Å². The molecule has 0 spiro atoms. The number of benzene rings is 2. The van der Waals surface area contributed by atoms with E-state index < -0.39 is 50.5 Å². The summed E-state index contributed by atoms with van der Waals surface area (Å²) in [7, 11) is -5.06. The van der Waals surface area contributed by atoms with E-state index in [4.69, 9.17) is 23.2 Å². The van der Waals surface area contributed by atoms with E-state index in [2.05, 4.69) is 0 Å². The van der Waals surface area contributed by atoms with Crippen molar-refractivity contribution in [3.63, 3.8) is 0 Å². The molecular weight excluding hydrogens is 400 g/mol. The normalized spacial score (nSPS) is 11.8. The zero-order valence-electron chi connectivity index (χ0n) is 11.3. The van der Waals surface area contributed by atoms with Crippen LogP contribution in [0.15, 0.2) is 23.1 Å². The van der Waals surface area contributed by atoms with Crippen LogP contribution in [0.1, 0.15) is 5.56 Å².